The number of likely N-dealkylation sites (tertiary alicyclic amines) is 1. The van der Waals surface area contributed by atoms with Crippen LogP contribution in [0.2, 0.25) is 0 Å². The first-order chi connectivity index (χ1) is 9.33. The fourth-order valence-corrected chi connectivity index (χ4v) is 2.88. The highest BCUT2D eigenvalue weighted by Gasteiger charge is 2.34. The quantitative estimate of drug-likeness (QED) is 0.852. The highest BCUT2D eigenvalue weighted by atomic mass is 32.1. The predicted octanol–water partition coefficient (Wildman–Crippen LogP) is 2.83. The maximum Gasteiger partial charge on any atom is 0.254 e. The molecule has 0 radical (unpaired) electrons. The fraction of sp³-hybridized carbons (Fsp3) is 0.500. The zero-order chi connectivity index (χ0) is 14.9. The van der Waals surface area contributed by atoms with Crippen molar-refractivity contribution in [2.24, 2.45) is 11.1 Å². The van der Waals surface area contributed by atoms with E-state index in [0.29, 0.717) is 4.99 Å². The number of thiocarbonyl (C=S) groups is 1. The monoisotopic (exact) mass is 290 g/mol. The molecule has 0 unspecified atom stereocenters. The van der Waals surface area contributed by atoms with Crippen LogP contribution in [0.1, 0.15) is 41.3 Å². The van der Waals surface area contributed by atoms with Gasteiger partial charge in [0.1, 0.15) is 0 Å². The molecule has 1 aromatic carbocycles. The SMILES string of the molecule is Cc1ccc(C(=O)N2CCC(C)(C(N)=S)CC2)c(C)c1. The molecule has 0 spiro atoms. The number of nitrogens with zero attached hydrogens (tertiary/aromatic N) is 1. The number of amides is 1. The Morgan fingerprint density at radius 3 is 2.40 bits per heavy atom. The maximum absolute atomic E-state index is 12.6. The van der Waals surface area contributed by atoms with Crippen LogP contribution in [0.5, 0.6) is 0 Å². The molecule has 1 fully saturated rings. The van der Waals surface area contributed by atoms with Gasteiger partial charge in [-0.3, -0.25) is 4.79 Å². The topological polar surface area (TPSA) is 46.3 Å². The Bertz CT molecular complexity index is 545. The summed E-state index contributed by atoms with van der Waals surface area (Å²) in [6.45, 7) is 7.56. The Hall–Kier alpha value is -1.42. The van der Waals surface area contributed by atoms with Crippen LogP contribution >= 0.6 is 12.2 Å². The van der Waals surface area contributed by atoms with Crippen LogP contribution in [0, 0.1) is 19.3 Å². The Morgan fingerprint density at radius 2 is 1.90 bits per heavy atom. The lowest BCUT2D eigenvalue weighted by atomic mass is 9.80. The van der Waals surface area contributed by atoms with Crippen LogP contribution in [-0.4, -0.2) is 28.9 Å². The first-order valence-corrected chi connectivity index (χ1v) is 7.41. The molecule has 0 atom stereocenters. The molecule has 1 aliphatic heterocycles. The third-order valence-corrected chi connectivity index (χ3v) is 4.85. The van der Waals surface area contributed by atoms with Gasteiger partial charge in [-0.2, -0.15) is 0 Å². The molecule has 1 saturated heterocycles. The number of rotatable bonds is 2. The maximum atomic E-state index is 12.6. The van der Waals surface area contributed by atoms with E-state index in [-0.39, 0.29) is 11.3 Å². The number of hydrogen-bond acceptors (Lipinski definition) is 2. The van der Waals surface area contributed by atoms with Crippen LogP contribution in [0.15, 0.2) is 18.2 Å². The summed E-state index contributed by atoms with van der Waals surface area (Å²) in [4.78, 5) is 15.1. The lowest BCUT2D eigenvalue weighted by Crippen LogP contribution is -2.46. The van der Waals surface area contributed by atoms with Gasteiger partial charge >= 0.3 is 0 Å². The molecular formula is C16H22N2OS. The minimum Gasteiger partial charge on any atom is -0.393 e. The third-order valence-electron chi connectivity index (χ3n) is 4.36. The van der Waals surface area contributed by atoms with E-state index in [4.69, 9.17) is 18.0 Å². The third kappa shape index (κ3) is 2.85. The lowest BCUT2D eigenvalue weighted by molar-refractivity contribution is 0.0669. The first-order valence-electron chi connectivity index (χ1n) is 7.00. The summed E-state index contributed by atoms with van der Waals surface area (Å²) in [5.41, 5.74) is 8.72. The molecule has 4 heteroatoms. The van der Waals surface area contributed by atoms with Crippen molar-refractivity contribution in [3.05, 3.63) is 34.9 Å². The van der Waals surface area contributed by atoms with Gasteiger partial charge in [0.25, 0.3) is 5.91 Å². The zero-order valence-electron chi connectivity index (χ0n) is 12.4. The van der Waals surface area contributed by atoms with Gasteiger partial charge in [-0.05, 0) is 38.3 Å². The molecule has 1 heterocycles. The van der Waals surface area contributed by atoms with E-state index in [1.807, 2.05) is 30.9 Å². The van der Waals surface area contributed by atoms with E-state index in [0.717, 1.165) is 37.1 Å². The van der Waals surface area contributed by atoms with E-state index >= 15 is 0 Å². The van der Waals surface area contributed by atoms with Crippen LogP contribution in [0.25, 0.3) is 0 Å². The Kier molecular flexibility index (Phi) is 4.14. The van der Waals surface area contributed by atoms with Gasteiger partial charge < -0.3 is 10.6 Å². The van der Waals surface area contributed by atoms with E-state index < -0.39 is 0 Å². The van der Waals surface area contributed by atoms with Crippen LogP contribution in [-0.2, 0) is 0 Å². The molecule has 20 heavy (non-hydrogen) atoms. The number of carbonyl (C=O) groups excluding carboxylic acids is 1. The van der Waals surface area contributed by atoms with Gasteiger partial charge in [0, 0.05) is 24.1 Å². The molecule has 0 aliphatic carbocycles. The lowest BCUT2D eigenvalue weighted by Gasteiger charge is -2.38. The molecule has 0 aromatic heterocycles. The minimum atomic E-state index is -0.103. The summed E-state index contributed by atoms with van der Waals surface area (Å²) in [6, 6.07) is 5.97. The average molecular weight is 290 g/mol. The number of aryl methyl sites for hydroxylation is 2. The van der Waals surface area contributed by atoms with Crippen molar-refractivity contribution in [1.29, 1.82) is 0 Å². The standard InChI is InChI=1S/C16H22N2OS/c1-11-4-5-13(12(2)10-11)14(19)18-8-6-16(3,7-9-18)15(17)20/h4-5,10H,6-9H2,1-3H3,(H2,17,20). The zero-order valence-corrected chi connectivity index (χ0v) is 13.2. The Labute approximate surface area is 126 Å². The summed E-state index contributed by atoms with van der Waals surface area (Å²) < 4.78 is 0. The van der Waals surface area contributed by atoms with Crippen LogP contribution in [0.4, 0.5) is 0 Å². The van der Waals surface area contributed by atoms with Gasteiger partial charge in [-0.25, -0.2) is 0 Å². The molecule has 0 bridgehead atoms. The molecule has 1 aromatic rings. The highest BCUT2D eigenvalue weighted by molar-refractivity contribution is 7.80. The van der Waals surface area contributed by atoms with Gasteiger partial charge in [-0.1, -0.05) is 36.8 Å². The number of benzene rings is 1. The molecule has 108 valence electrons. The summed E-state index contributed by atoms with van der Waals surface area (Å²) in [5.74, 6) is 0.118. The van der Waals surface area contributed by atoms with E-state index in [1.54, 1.807) is 0 Å². The summed E-state index contributed by atoms with van der Waals surface area (Å²) in [7, 11) is 0. The highest BCUT2D eigenvalue weighted by Crippen LogP contribution is 2.31. The largest absolute Gasteiger partial charge is 0.393 e. The molecule has 1 amide bonds. The van der Waals surface area contributed by atoms with Gasteiger partial charge in [0.2, 0.25) is 0 Å². The van der Waals surface area contributed by atoms with E-state index in [1.165, 1.54) is 5.56 Å². The van der Waals surface area contributed by atoms with E-state index in [2.05, 4.69) is 13.0 Å². The second-order valence-corrected chi connectivity index (χ2v) is 6.48. The summed E-state index contributed by atoms with van der Waals surface area (Å²) in [6.07, 6.45) is 1.69. The second kappa shape index (κ2) is 5.52. The molecule has 0 saturated carbocycles. The van der Waals surface area contributed by atoms with Crippen molar-refractivity contribution in [3.63, 3.8) is 0 Å². The first kappa shape index (κ1) is 15.0. The average Bonchev–Trinajstić information content (AvgIpc) is 2.38. The van der Waals surface area contributed by atoms with Gasteiger partial charge in [0.15, 0.2) is 0 Å². The van der Waals surface area contributed by atoms with Crippen molar-refractivity contribution in [2.75, 3.05) is 13.1 Å². The van der Waals surface area contributed by atoms with Crippen molar-refractivity contribution >= 4 is 23.1 Å². The number of carbonyl (C=O) groups is 1. The van der Waals surface area contributed by atoms with Gasteiger partial charge in [0.05, 0.1) is 4.99 Å². The molecule has 3 nitrogen and oxygen atoms in total. The fourth-order valence-electron chi connectivity index (χ4n) is 2.67. The molecule has 2 N–H and O–H groups in total. The normalized spacial score (nSPS) is 17.9. The van der Waals surface area contributed by atoms with E-state index in [9.17, 15) is 4.79 Å². The van der Waals surface area contributed by atoms with Crippen molar-refractivity contribution in [2.45, 2.75) is 33.6 Å². The number of piperidine rings is 1. The summed E-state index contributed by atoms with van der Waals surface area (Å²) in [5, 5.41) is 0. The number of nitrogens with two attached hydrogens (primary N) is 1. The minimum absolute atomic E-state index is 0.103. The Morgan fingerprint density at radius 1 is 1.30 bits per heavy atom. The van der Waals surface area contributed by atoms with Crippen LogP contribution in [0.3, 0.4) is 0 Å². The summed E-state index contributed by atoms with van der Waals surface area (Å²) >= 11 is 5.14. The van der Waals surface area contributed by atoms with Crippen LogP contribution < -0.4 is 5.73 Å². The van der Waals surface area contributed by atoms with Crippen molar-refractivity contribution in [3.8, 4) is 0 Å². The predicted molar refractivity (Wildman–Crippen MR) is 85.9 cm³/mol. The molecular weight excluding hydrogens is 268 g/mol. The smallest absolute Gasteiger partial charge is 0.254 e. The number of hydrogen-bond donors (Lipinski definition) is 1. The molecule has 1 aliphatic rings. The van der Waals surface area contributed by atoms with Crippen molar-refractivity contribution in [1.82, 2.24) is 4.90 Å². The van der Waals surface area contributed by atoms with Crippen molar-refractivity contribution < 1.29 is 4.79 Å². The second-order valence-electron chi connectivity index (χ2n) is 6.04. The molecule has 2 rings (SSSR count). The van der Waals surface area contributed by atoms with Gasteiger partial charge in [-0.15, -0.1) is 0 Å². The Balaban J connectivity index is 2.11.